The van der Waals surface area contributed by atoms with Gasteiger partial charge in [0.2, 0.25) is 10.0 Å². The quantitative estimate of drug-likeness (QED) is 0.912. The average Bonchev–Trinajstić information content (AvgIpc) is 2.71. The number of hydrogen-bond acceptors (Lipinski definition) is 4. The number of nitrogens with zero attached hydrogens (tertiary/aromatic N) is 2. The summed E-state index contributed by atoms with van der Waals surface area (Å²) in [5.41, 5.74) is 0. The Hall–Kier alpha value is -1.50. The molecular formula is C15H19N3O2S. The normalized spacial score (nSPS) is 21.3. The van der Waals surface area contributed by atoms with Crippen molar-refractivity contribution in [1.29, 1.82) is 0 Å². The molecule has 1 aliphatic heterocycles. The average molecular weight is 305 g/mol. The zero-order chi connectivity index (χ0) is 14.9. The molecule has 0 amide bonds. The summed E-state index contributed by atoms with van der Waals surface area (Å²) < 4.78 is 27.5. The van der Waals surface area contributed by atoms with Gasteiger partial charge in [-0.05, 0) is 24.6 Å². The zero-order valence-corrected chi connectivity index (χ0v) is 12.8. The van der Waals surface area contributed by atoms with Crippen LogP contribution in [0.15, 0.2) is 41.6 Å². The van der Waals surface area contributed by atoms with Gasteiger partial charge in [-0.15, -0.1) is 0 Å². The maximum Gasteiger partial charge on any atom is 0.243 e. The smallest absolute Gasteiger partial charge is 0.243 e. The monoisotopic (exact) mass is 305 g/mol. The summed E-state index contributed by atoms with van der Waals surface area (Å²) in [6.07, 6.45) is 3.33. The Morgan fingerprint density at radius 3 is 3.05 bits per heavy atom. The van der Waals surface area contributed by atoms with E-state index in [2.05, 4.69) is 17.2 Å². The molecule has 21 heavy (non-hydrogen) atoms. The standard InChI is InChI=1S/C15H19N3O2S/c1-12-9-17-7-8-18(11-12)21(19,20)15-4-2-3-13-10-16-6-5-14(13)15/h2-6,10,12,17H,7-9,11H2,1H3. The summed E-state index contributed by atoms with van der Waals surface area (Å²) in [6.45, 7) is 4.67. The Morgan fingerprint density at radius 2 is 2.19 bits per heavy atom. The summed E-state index contributed by atoms with van der Waals surface area (Å²) in [5.74, 6) is 0.305. The molecule has 1 N–H and O–H groups in total. The maximum absolute atomic E-state index is 13.0. The van der Waals surface area contributed by atoms with Crippen molar-refractivity contribution in [2.75, 3.05) is 26.2 Å². The van der Waals surface area contributed by atoms with Crippen LogP contribution in [0.2, 0.25) is 0 Å². The number of benzene rings is 1. The van der Waals surface area contributed by atoms with E-state index in [0.717, 1.165) is 17.3 Å². The van der Waals surface area contributed by atoms with Crippen LogP contribution in [0.5, 0.6) is 0 Å². The summed E-state index contributed by atoms with van der Waals surface area (Å²) in [6, 6.07) is 7.10. The highest BCUT2D eigenvalue weighted by atomic mass is 32.2. The van der Waals surface area contributed by atoms with Crippen molar-refractivity contribution in [1.82, 2.24) is 14.6 Å². The maximum atomic E-state index is 13.0. The molecule has 2 aromatic rings. The zero-order valence-electron chi connectivity index (χ0n) is 12.0. The van der Waals surface area contributed by atoms with Crippen LogP contribution in [0.1, 0.15) is 6.92 Å². The van der Waals surface area contributed by atoms with Gasteiger partial charge in [0, 0.05) is 42.8 Å². The van der Waals surface area contributed by atoms with Gasteiger partial charge in [0.05, 0.1) is 4.90 Å². The van der Waals surface area contributed by atoms with E-state index in [1.165, 1.54) is 0 Å². The molecule has 1 saturated heterocycles. The van der Waals surface area contributed by atoms with Crippen molar-refractivity contribution in [3.8, 4) is 0 Å². The van der Waals surface area contributed by atoms with Gasteiger partial charge in [-0.1, -0.05) is 19.1 Å². The SMILES string of the molecule is CC1CNCCN(S(=O)(=O)c2cccc3cnccc23)C1. The summed E-state index contributed by atoms with van der Waals surface area (Å²) >= 11 is 0. The third-order valence-electron chi connectivity index (χ3n) is 3.80. The molecule has 0 saturated carbocycles. The minimum Gasteiger partial charge on any atom is -0.315 e. The van der Waals surface area contributed by atoms with Crippen molar-refractivity contribution >= 4 is 20.8 Å². The van der Waals surface area contributed by atoms with Crippen LogP contribution >= 0.6 is 0 Å². The van der Waals surface area contributed by atoms with Crippen LogP contribution < -0.4 is 5.32 Å². The summed E-state index contributed by atoms with van der Waals surface area (Å²) in [4.78, 5) is 4.43. The third-order valence-corrected chi connectivity index (χ3v) is 5.73. The Balaban J connectivity index is 2.07. The lowest BCUT2D eigenvalue weighted by molar-refractivity contribution is 0.392. The molecule has 0 spiro atoms. The first-order valence-electron chi connectivity index (χ1n) is 7.12. The Labute approximate surface area is 125 Å². The van der Waals surface area contributed by atoms with E-state index in [4.69, 9.17) is 0 Å². The van der Waals surface area contributed by atoms with Gasteiger partial charge >= 0.3 is 0 Å². The molecule has 5 nitrogen and oxygen atoms in total. The lowest BCUT2D eigenvalue weighted by Crippen LogP contribution is -2.35. The second-order valence-corrected chi connectivity index (χ2v) is 7.43. The molecular weight excluding hydrogens is 286 g/mol. The van der Waals surface area contributed by atoms with Crippen LogP contribution in [0.25, 0.3) is 10.8 Å². The van der Waals surface area contributed by atoms with E-state index in [-0.39, 0.29) is 0 Å². The molecule has 3 rings (SSSR count). The number of pyridine rings is 1. The van der Waals surface area contributed by atoms with Crippen LogP contribution in [-0.4, -0.2) is 43.9 Å². The molecule has 0 aliphatic carbocycles. The number of fused-ring (bicyclic) bond motifs is 1. The van der Waals surface area contributed by atoms with E-state index in [1.54, 1.807) is 34.9 Å². The highest BCUT2D eigenvalue weighted by Crippen LogP contribution is 2.25. The molecule has 1 aromatic heterocycles. The third kappa shape index (κ3) is 2.79. The second-order valence-electron chi connectivity index (χ2n) is 5.53. The van der Waals surface area contributed by atoms with Gasteiger partial charge in [0.1, 0.15) is 0 Å². The second kappa shape index (κ2) is 5.71. The minimum atomic E-state index is -3.48. The van der Waals surface area contributed by atoms with Gasteiger partial charge in [-0.25, -0.2) is 8.42 Å². The van der Waals surface area contributed by atoms with E-state index in [1.807, 2.05) is 6.07 Å². The predicted molar refractivity (Wildman–Crippen MR) is 82.5 cm³/mol. The minimum absolute atomic E-state index is 0.305. The summed E-state index contributed by atoms with van der Waals surface area (Å²) in [5, 5.41) is 4.85. The lowest BCUT2D eigenvalue weighted by Gasteiger charge is -2.22. The van der Waals surface area contributed by atoms with Gasteiger partial charge in [-0.2, -0.15) is 4.31 Å². The molecule has 2 heterocycles. The Morgan fingerprint density at radius 1 is 1.33 bits per heavy atom. The molecule has 0 bridgehead atoms. The number of nitrogens with one attached hydrogen (secondary N) is 1. The van der Waals surface area contributed by atoms with Crippen molar-refractivity contribution < 1.29 is 8.42 Å². The van der Waals surface area contributed by atoms with E-state index in [9.17, 15) is 8.42 Å². The van der Waals surface area contributed by atoms with E-state index in [0.29, 0.717) is 30.4 Å². The fourth-order valence-electron chi connectivity index (χ4n) is 2.73. The predicted octanol–water partition coefficient (Wildman–Crippen LogP) is 1.46. The topological polar surface area (TPSA) is 62.3 Å². The van der Waals surface area contributed by atoms with Crippen molar-refractivity contribution in [2.45, 2.75) is 11.8 Å². The number of hydrogen-bond donors (Lipinski definition) is 1. The molecule has 112 valence electrons. The van der Waals surface area contributed by atoms with Gasteiger partial charge in [0.25, 0.3) is 0 Å². The number of rotatable bonds is 2. The molecule has 1 unspecified atom stereocenters. The van der Waals surface area contributed by atoms with Gasteiger partial charge in [0.15, 0.2) is 0 Å². The molecule has 0 radical (unpaired) electrons. The first kappa shape index (κ1) is 14.4. The molecule has 1 atom stereocenters. The molecule has 1 aromatic carbocycles. The number of aromatic nitrogens is 1. The van der Waals surface area contributed by atoms with Crippen LogP contribution in [0.4, 0.5) is 0 Å². The van der Waals surface area contributed by atoms with Crippen LogP contribution in [-0.2, 0) is 10.0 Å². The van der Waals surface area contributed by atoms with Gasteiger partial charge in [-0.3, -0.25) is 4.98 Å². The first-order chi connectivity index (χ1) is 10.1. The van der Waals surface area contributed by atoms with Crippen LogP contribution in [0, 0.1) is 5.92 Å². The van der Waals surface area contributed by atoms with E-state index >= 15 is 0 Å². The van der Waals surface area contributed by atoms with Crippen molar-refractivity contribution in [3.63, 3.8) is 0 Å². The van der Waals surface area contributed by atoms with Crippen molar-refractivity contribution in [3.05, 3.63) is 36.7 Å². The number of sulfonamides is 1. The Kier molecular flexibility index (Phi) is 3.93. The van der Waals surface area contributed by atoms with Gasteiger partial charge < -0.3 is 5.32 Å². The molecule has 1 aliphatic rings. The summed E-state index contributed by atoms with van der Waals surface area (Å²) in [7, 11) is -3.48. The fourth-order valence-corrected chi connectivity index (χ4v) is 4.51. The molecule has 6 heteroatoms. The van der Waals surface area contributed by atoms with Crippen LogP contribution in [0.3, 0.4) is 0 Å². The fraction of sp³-hybridized carbons (Fsp3) is 0.400. The highest BCUT2D eigenvalue weighted by molar-refractivity contribution is 7.89. The van der Waals surface area contributed by atoms with Crippen molar-refractivity contribution in [2.24, 2.45) is 5.92 Å². The molecule has 1 fully saturated rings. The Bertz CT molecular complexity index is 740. The highest BCUT2D eigenvalue weighted by Gasteiger charge is 2.28. The van der Waals surface area contributed by atoms with E-state index < -0.39 is 10.0 Å². The largest absolute Gasteiger partial charge is 0.315 e. The first-order valence-corrected chi connectivity index (χ1v) is 8.56. The lowest BCUT2D eigenvalue weighted by atomic mass is 10.2.